The van der Waals surface area contributed by atoms with E-state index in [0.29, 0.717) is 18.1 Å². The summed E-state index contributed by atoms with van der Waals surface area (Å²) < 4.78 is 67.9. The number of nitriles is 1. The predicted octanol–water partition coefficient (Wildman–Crippen LogP) is 4.84. The molecule has 1 unspecified atom stereocenters. The average molecular weight is 527 g/mol. The first-order chi connectivity index (χ1) is 18.1. The number of anilines is 1. The number of hydrogen-bond acceptors (Lipinski definition) is 8. The van der Waals surface area contributed by atoms with Gasteiger partial charge >= 0.3 is 6.18 Å². The van der Waals surface area contributed by atoms with Crippen LogP contribution in [0.25, 0.3) is 22.2 Å². The van der Waals surface area contributed by atoms with Crippen molar-refractivity contribution in [3.05, 3.63) is 71.8 Å². The standard InChI is InChI=1S/C24H18F5N9/c1-2-17(12(6-30)8-33-16-4-3-14(25)5-15(16)26)38-18(7-31)19(20-21(32)36-11-37-22(20)38)13-9-34-23(35-10-13)24(27,28)29/h3-6,8-11,17H,2,30H2,1H3,(H2,32,36,37). The molecule has 0 aliphatic carbocycles. The highest BCUT2D eigenvalue weighted by molar-refractivity contribution is 6.03. The van der Waals surface area contributed by atoms with Crippen LogP contribution in [0.2, 0.25) is 0 Å². The van der Waals surface area contributed by atoms with Crippen LogP contribution in [-0.4, -0.2) is 30.7 Å². The molecular formula is C24H18F5N9. The van der Waals surface area contributed by atoms with Gasteiger partial charge in [-0.05, 0) is 18.6 Å². The fourth-order valence-corrected chi connectivity index (χ4v) is 3.99. The van der Waals surface area contributed by atoms with Crippen LogP contribution in [0, 0.1) is 23.0 Å². The first-order valence-electron chi connectivity index (χ1n) is 11.0. The van der Waals surface area contributed by atoms with Crippen LogP contribution < -0.4 is 11.5 Å². The number of rotatable bonds is 6. The van der Waals surface area contributed by atoms with E-state index in [1.807, 2.05) is 0 Å². The van der Waals surface area contributed by atoms with Crippen molar-refractivity contribution in [2.75, 3.05) is 5.73 Å². The fourth-order valence-electron chi connectivity index (χ4n) is 3.99. The van der Waals surface area contributed by atoms with Crippen LogP contribution in [-0.2, 0) is 6.18 Å². The summed E-state index contributed by atoms with van der Waals surface area (Å²) in [7, 11) is 0. The number of hydrogen-bond donors (Lipinski definition) is 2. The average Bonchev–Trinajstić information content (AvgIpc) is 3.22. The molecule has 0 fully saturated rings. The molecule has 0 aliphatic heterocycles. The number of aromatic nitrogens is 5. The van der Waals surface area contributed by atoms with E-state index in [9.17, 15) is 27.2 Å². The van der Waals surface area contributed by atoms with E-state index in [0.717, 1.165) is 24.5 Å². The fraction of sp³-hybridized carbons (Fsp3) is 0.167. The van der Waals surface area contributed by atoms with Crippen LogP contribution in [0.4, 0.5) is 33.5 Å². The van der Waals surface area contributed by atoms with Crippen LogP contribution in [0.15, 0.2) is 53.7 Å². The number of halogens is 5. The maximum atomic E-state index is 14.1. The summed E-state index contributed by atoms with van der Waals surface area (Å²) in [5.74, 6) is -3.04. The molecule has 4 N–H and O–H groups in total. The van der Waals surface area contributed by atoms with Gasteiger partial charge in [0.2, 0.25) is 5.82 Å². The molecule has 0 aliphatic rings. The molecular weight excluding hydrogens is 509 g/mol. The zero-order valence-corrected chi connectivity index (χ0v) is 19.6. The lowest BCUT2D eigenvalue weighted by atomic mass is 10.0. The summed E-state index contributed by atoms with van der Waals surface area (Å²) >= 11 is 0. The third-order valence-corrected chi connectivity index (χ3v) is 5.65. The van der Waals surface area contributed by atoms with Crippen molar-refractivity contribution in [1.29, 1.82) is 5.26 Å². The van der Waals surface area contributed by atoms with Gasteiger partial charge in [0.15, 0.2) is 5.82 Å². The predicted molar refractivity (Wildman–Crippen MR) is 129 cm³/mol. The van der Waals surface area contributed by atoms with Crippen molar-refractivity contribution in [1.82, 2.24) is 24.5 Å². The first-order valence-corrected chi connectivity index (χ1v) is 11.0. The smallest absolute Gasteiger partial charge is 0.404 e. The van der Waals surface area contributed by atoms with Crippen molar-refractivity contribution in [2.24, 2.45) is 10.7 Å². The highest BCUT2D eigenvalue weighted by atomic mass is 19.4. The Balaban J connectivity index is 1.91. The quantitative estimate of drug-likeness (QED) is 0.270. The van der Waals surface area contributed by atoms with Crippen LogP contribution in [0.5, 0.6) is 0 Å². The minimum atomic E-state index is -4.76. The molecule has 1 aromatic carbocycles. The number of aliphatic imine (C=N–C) groups is 1. The van der Waals surface area contributed by atoms with Crippen molar-refractivity contribution in [2.45, 2.75) is 25.6 Å². The molecule has 0 saturated carbocycles. The number of nitrogen functional groups attached to an aromatic ring is 1. The normalized spacial score (nSPS) is 13.2. The van der Waals surface area contributed by atoms with Crippen LogP contribution in [0.3, 0.4) is 0 Å². The van der Waals surface area contributed by atoms with Gasteiger partial charge < -0.3 is 16.0 Å². The molecule has 4 aromatic rings. The maximum Gasteiger partial charge on any atom is 0.451 e. The molecule has 3 heterocycles. The Morgan fingerprint density at radius 3 is 2.47 bits per heavy atom. The van der Waals surface area contributed by atoms with Gasteiger partial charge in [0.1, 0.15) is 35.4 Å². The number of alkyl halides is 3. The van der Waals surface area contributed by atoms with Gasteiger partial charge in [0, 0.05) is 47.6 Å². The third-order valence-electron chi connectivity index (χ3n) is 5.65. The van der Waals surface area contributed by atoms with Gasteiger partial charge in [-0.2, -0.15) is 18.4 Å². The lowest BCUT2D eigenvalue weighted by Gasteiger charge is -2.20. The highest BCUT2D eigenvalue weighted by Crippen LogP contribution is 2.40. The number of nitrogens with zero attached hydrogens (tertiary/aromatic N) is 7. The number of benzene rings is 1. The van der Waals surface area contributed by atoms with Crippen molar-refractivity contribution in [3.63, 3.8) is 0 Å². The molecule has 0 radical (unpaired) electrons. The van der Waals surface area contributed by atoms with Gasteiger partial charge in [0.25, 0.3) is 0 Å². The molecule has 0 bridgehead atoms. The van der Waals surface area contributed by atoms with E-state index in [1.54, 1.807) is 6.92 Å². The van der Waals surface area contributed by atoms with Crippen molar-refractivity contribution in [3.8, 4) is 17.2 Å². The van der Waals surface area contributed by atoms with Gasteiger partial charge in [-0.1, -0.05) is 6.92 Å². The van der Waals surface area contributed by atoms with Crippen molar-refractivity contribution >= 4 is 28.8 Å². The summed E-state index contributed by atoms with van der Waals surface area (Å²) in [4.78, 5) is 19.1. The number of allylic oxidation sites excluding steroid dienone is 1. The van der Waals surface area contributed by atoms with E-state index in [2.05, 4.69) is 31.0 Å². The summed E-state index contributed by atoms with van der Waals surface area (Å²) in [6.07, 6.45) is 1.07. The number of fused-ring (bicyclic) bond motifs is 1. The summed E-state index contributed by atoms with van der Waals surface area (Å²) in [6.45, 7) is 1.78. The lowest BCUT2D eigenvalue weighted by Crippen LogP contribution is -2.15. The molecule has 4 rings (SSSR count). The van der Waals surface area contributed by atoms with Gasteiger partial charge in [-0.3, -0.25) is 4.99 Å². The third kappa shape index (κ3) is 4.73. The Morgan fingerprint density at radius 2 is 1.89 bits per heavy atom. The zero-order valence-electron chi connectivity index (χ0n) is 19.6. The first kappa shape index (κ1) is 26.1. The maximum absolute atomic E-state index is 14.1. The summed E-state index contributed by atoms with van der Waals surface area (Å²) in [5, 5.41) is 10.4. The van der Waals surface area contributed by atoms with Crippen LogP contribution in [0.1, 0.15) is 30.9 Å². The van der Waals surface area contributed by atoms with E-state index in [-0.39, 0.29) is 39.4 Å². The SMILES string of the molecule is CCC(C(C=Nc1ccc(F)cc1F)=CN)n1c(C#N)c(-c2cnc(C(F)(F)F)nc2)c2c(N)ncnc21. The molecule has 0 saturated heterocycles. The minimum absolute atomic E-state index is 0.0249. The second-order valence-electron chi connectivity index (χ2n) is 7.90. The molecule has 38 heavy (non-hydrogen) atoms. The molecule has 3 aromatic heterocycles. The van der Waals surface area contributed by atoms with E-state index < -0.39 is 29.7 Å². The lowest BCUT2D eigenvalue weighted by molar-refractivity contribution is -0.144. The highest BCUT2D eigenvalue weighted by Gasteiger charge is 2.35. The Hall–Kier alpha value is -4.93. The van der Waals surface area contributed by atoms with Gasteiger partial charge in [-0.25, -0.2) is 28.7 Å². The van der Waals surface area contributed by atoms with E-state index in [1.165, 1.54) is 23.3 Å². The van der Waals surface area contributed by atoms with Crippen molar-refractivity contribution < 1.29 is 22.0 Å². The monoisotopic (exact) mass is 527 g/mol. The van der Waals surface area contributed by atoms with E-state index in [4.69, 9.17) is 11.5 Å². The molecule has 0 spiro atoms. The molecule has 0 amide bonds. The minimum Gasteiger partial charge on any atom is -0.404 e. The number of nitrogens with two attached hydrogens (primary N) is 2. The Morgan fingerprint density at radius 1 is 1.18 bits per heavy atom. The molecule has 9 nitrogen and oxygen atoms in total. The Bertz CT molecular complexity index is 1600. The van der Waals surface area contributed by atoms with E-state index >= 15 is 0 Å². The second-order valence-corrected chi connectivity index (χ2v) is 7.90. The van der Waals surface area contributed by atoms with Gasteiger partial charge in [0.05, 0.1) is 17.1 Å². The second kappa shape index (κ2) is 10.2. The Labute approximate surface area is 212 Å². The summed E-state index contributed by atoms with van der Waals surface area (Å²) in [6, 6.07) is 4.23. The molecule has 194 valence electrons. The topological polar surface area (TPSA) is 145 Å². The van der Waals surface area contributed by atoms with Gasteiger partial charge in [-0.15, -0.1) is 0 Å². The largest absolute Gasteiger partial charge is 0.451 e. The summed E-state index contributed by atoms with van der Waals surface area (Å²) in [5.41, 5.74) is 12.5. The zero-order chi connectivity index (χ0) is 27.6. The van der Waals surface area contributed by atoms with Crippen LogP contribution >= 0.6 is 0 Å². The molecule has 14 heteroatoms. The molecule has 1 atom stereocenters. The Kier molecular flexibility index (Phi) is 7.02.